The van der Waals surface area contributed by atoms with E-state index in [9.17, 15) is 4.79 Å². The average molecular weight is 112 g/mol. The Morgan fingerprint density at radius 2 is 2.50 bits per heavy atom. The maximum absolute atomic E-state index is 10.3. The lowest BCUT2D eigenvalue weighted by Gasteiger charge is -1.94. The maximum Gasteiger partial charge on any atom is 0.298 e. The molecule has 3 heteroatoms. The second-order valence-electron chi connectivity index (χ2n) is 1.33. The van der Waals surface area contributed by atoms with Gasteiger partial charge >= 0.3 is 0 Å². The first-order valence-electron chi connectivity index (χ1n) is 2.57. The Labute approximate surface area is 49.9 Å². The van der Waals surface area contributed by atoms with Gasteiger partial charge in [-0.1, -0.05) is 12.7 Å². The van der Waals surface area contributed by atoms with Crippen LogP contribution in [-0.2, 0) is 9.53 Å². The Bertz CT molecular complexity index is 90.4. The van der Waals surface area contributed by atoms with Crippen LogP contribution in [0.25, 0.3) is 0 Å². The minimum atomic E-state index is -0.176. The molecule has 0 unspecified atom stereocenters. The van der Waals surface area contributed by atoms with E-state index >= 15 is 0 Å². The van der Waals surface area contributed by atoms with Crippen LogP contribution >= 0.6 is 0 Å². The highest BCUT2D eigenvalue weighted by molar-refractivity contribution is 6.18. The van der Waals surface area contributed by atoms with Gasteiger partial charge in [-0.2, -0.15) is 0 Å². The number of hydrogen-bond acceptors (Lipinski definition) is 2. The SMILES string of the molecule is BCC(=O)OCC=C. The second-order valence-corrected chi connectivity index (χ2v) is 1.33. The van der Waals surface area contributed by atoms with Crippen molar-refractivity contribution in [2.75, 3.05) is 6.61 Å². The molecule has 0 heterocycles. The first-order chi connectivity index (χ1) is 3.81. The lowest BCUT2D eigenvalue weighted by atomic mass is 10.1. The Morgan fingerprint density at radius 3 is 2.88 bits per heavy atom. The van der Waals surface area contributed by atoms with Crippen LogP contribution in [0.2, 0.25) is 6.32 Å². The Morgan fingerprint density at radius 1 is 1.88 bits per heavy atom. The second kappa shape index (κ2) is 4.43. The lowest BCUT2D eigenvalue weighted by molar-refractivity contribution is -0.139. The predicted molar refractivity (Wildman–Crippen MR) is 34.5 cm³/mol. The monoisotopic (exact) mass is 112 g/mol. The molecule has 0 aromatic heterocycles. The van der Waals surface area contributed by atoms with Crippen molar-refractivity contribution in [2.45, 2.75) is 6.32 Å². The van der Waals surface area contributed by atoms with Gasteiger partial charge in [0.25, 0.3) is 5.97 Å². The standard InChI is InChI=1S/C5H9BO2/c1-2-3-8-5(7)4-6/h2H,1,3-4,6H2. The minimum Gasteiger partial charge on any atom is -0.462 e. The summed E-state index contributed by atoms with van der Waals surface area (Å²) >= 11 is 0. The largest absolute Gasteiger partial charge is 0.462 e. The molecule has 44 valence electrons. The summed E-state index contributed by atoms with van der Waals surface area (Å²) in [5.41, 5.74) is 0. The van der Waals surface area contributed by atoms with E-state index in [0.29, 0.717) is 12.9 Å². The first-order valence-corrected chi connectivity index (χ1v) is 2.57. The van der Waals surface area contributed by atoms with Gasteiger partial charge in [0, 0.05) is 6.32 Å². The molecule has 0 N–H and O–H groups in total. The number of hydrogen-bond donors (Lipinski definition) is 0. The van der Waals surface area contributed by atoms with Crippen molar-refractivity contribution in [1.82, 2.24) is 0 Å². The zero-order valence-electron chi connectivity index (χ0n) is 5.02. The van der Waals surface area contributed by atoms with Crippen molar-refractivity contribution in [3.63, 3.8) is 0 Å². The molecule has 0 atom stereocenters. The van der Waals surface area contributed by atoms with Crippen molar-refractivity contribution < 1.29 is 9.53 Å². The molecule has 0 saturated carbocycles. The maximum atomic E-state index is 10.3. The smallest absolute Gasteiger partial charge is 0.298 e. The van der Waals surface area contributed by atoms with Crippen LogP contribution in [0.5, 0.6) is 0 Å². The number of esters is 1. The summed E-state index contributed by atoms with van der Waals surface area (Å²) in [7, 11) is 1.76. The topological polar surface area (TPSA) is 26.3 Å². The fraction of sp³-hybridized carbons (Fsp3) is 0.400. The lowest BCUT2D eigenvalue weighted by Crippen LogP contribution is -2.01. The van der Waals surface area contributed by atoms with Crippen LogP contribution in [0, 0.1) is 0 Å². The van der Waals surface area contributed by atoms with E-state index in [1.807, 2.05) is 0 Å². The molecule has 0 rings (SSSR count). The van der Waals surface area contributed by atoms with Gasteiger partial charge in [-0.15, -0.1) is 0 Å². The van der Waals surface area contributed by atoms with Crippen molar-refractivity contribution in [3.05, 3.63) is 12.7 Å². The summed E-state index contributed by atoms with van der Waals surface area (Å²) in [6, 6.07) is 0. The molecule has 0 radical (unpaired) electrons. The molecule has 0 bridgehead atoms. The molecular weight excluding hydrogens is 103 g/mol. The first kappa shape index (κ1) is 7.27. The Balaban J connectivity index is 3.11. The molecule has 0 fully saturated rings. The third-order valence-corrected chi connectivity index (χ3v) is 0.651. The molecule has 8 heavy (non-hydrogen) atoms. The average Bonchev–Trinajstić information content (AvgIpc) is 1.83. The van der Waals surface area contributed by atoms with E-state index in [0.717, 1.165) is 0 Å². The van der Waals surface area contributed by atoms with Crippen molar-refractivity contribution in [1.29, 1.82) is 0 Å². The summed E-state index contributed by atoms with van der Waals surface area (Å²) in [4.78, 5) is 10.3. The van der Waals surface area contributed by atoms with Gasteiger partial charge in [0.15, 0.2) is 0 Å². The van der Waals surface area contributed by atoms with E-state index in [1.165, 1.54) is 0 Å². The normalized spacial score (nSPS) is 8.00. The minimum absolute atomic E-state index is 0.176. The molecule has 0 spiro atoms. The highest BCUT2D eigenvalue weighted by atomic mass is 16.5. The predicted octanol–water partition coefficient (Wildman–Crippen LogP) is -0.233. The molecule has 0 aromatic carbocycles. The van der Waals surface area contributed by atoms with Crippen LogP contribution in [-0.4, -0.2) is 20.4 Å². The summed E-state index contributed by atoms with van der Waals surface area (Å²) in [6.07, 6.45) is 1.99. The molecule has 0 saturated heterocycles. The van der Waals surface area contributed by atoms with Crippen LogP contribution in [0.4, 0.5) is 0 Å². The van der Waals surface area contributed by atoms with Crippen LogP contribution < -0.4 is 0 Å². The van der Waals surface area contributed by atoms with E-state index in [-0.39, 0.29) is 5.97 Å². The molecule has 0 aliphatic carbocycles. The fourth-order valence-electron chi connectivity index (χ4n) is 0.254. The van der Waals surface area contributed by atoms with Crippen LogP contribution in [0.3, 0.4) is 0 Å². The number of rotatable bonds is 3. The van der Waals surface area contributed by atoms with E-state index in [2.05, 4.69) is 11.3 Å². The van der Waals surface area contributed by atoms with Gasteiger partial charge in [0.2, 0.25) is 0 Å². The number of carbonyl (C=O) groups excluding carboxylic acids is 1. The zero-order chi connectivity index (χ0) is 6.41. The van der Waals surface area contributed by atoms with E-state index in [4.69, 9.17) is 0 Å². The molecule has 0 aromatic rings. The van der Waals surface area contributed by atoms with Gasteiger partial charge < -0.3 is 4.74 Å². The van der Waals surface area contributed by atoms with E-state index in [1.54, 1.807) is 13.9 Å². The van der Waals surface area contributed by atoms with Crippen molar-refractivity contribution in [2.24, 2.45) is 0 Å². The summed E-state index contributed by atoms with van der Waals surface area (Å²) < 4.78 is 4.58. The van der Waals surface area contributed by atoms with Gasteiger partial charge in [-0.3, -0.25) is 4.79 Å². The summed E-state index contributed by atoms with van der Waals surface area (Å²) in [5.74, 6) is -0.176. The summed E-state index contributed by atoms with van der Waals surface area (Å²) in [6.45, 7) is 3.72. The zero-order valence-corrected chi connectivity index (χ0v) is 5.02. The van der Waals surface area contributed by atoms with Crippen LogP contribution in [0.15, 0.2) is 12.7 Å². The quantitative estimate of drug-likeness (QED) is 0.286. The van der Waals surface area contributed by atoms with Gasteiger partial charge in [-0.05, 0) is 0 Å². The molecule has 0 aliphatic rings. The molecule has 0 aliphatic heterocycles. The van der Waals surface area contributed by atoms with E-state index < -0.39 is 0 Å². The number of ether oxygens (including phenoxy) is 1. The van der Waals surface area contributed by atoms with Crippen molar-refractivity contribution >= 4 is 13.8 Å². The summed E-state index contributed by atoms with van der Waals surface area (Å²) in [5, 5.41) is 0. The third kappa shape index (κ3) is 3.46. The third-order valence-electron chi connectivity index (χ3n) is 0.651. The highest BCUT2D eigenvalue weighted by Crippen LogP contribution is 1.80. The Hall–Kier alpha value is -0.725. The highest BCUT2D eigenvalue weighted by Gasteiger charge is 1.92. The van der Waals surface area contributed by atoms with Gasteiger partial charge in [0.1, 0.15) is 14.5 Å². The molecule has 2 nitrogen and oxygen atoms in total. The fourth-order valence-corrected chi connectivity index (χ4v) is 0.254. The van der Waals surface area contributed by atoms with Crippen LogP contribution in [0.1, 0.15) is 0 Å². The molecular formula is C5H9BO2. The van der Waals surface area contributed by atoms with Gasteiger partial charge in [0.05, 0.1) is 0 Å². The number of carbonyl (C=O) groups is 1. The molecule has 0 amide bonds. The Kier molecular flexibility index (Phi) is 4.03. The van der Waals surface area contributed by atoms with Gasteiger partial charge in [-0.25, -0.2) is 0 Å². The van der Waals surface area contributed by atoms with Crippen molar-refractivity contribution in [3.8, 4) is 0 Å².